The third-order valence-electron chi connectivity index (χ3n) is 9.14. The molecule has 4 N–H and O–H groups in total. The van der Waals surface area contributed by atoms with E-state index in [1.165, 1.54) is 21.8 Å². The Morgan fingerprint density at radius 2 is 0.862 bits per heavy atom. The molecule has 6 atom stereocenters. The molecule has 17 nitrogen and oxygen atoms in total. The van der Waals surface area contributed by atoms with Gasteiger partial charge in [-0.3, -0.25) is 24.0 Å². The standard InChI is InChI=1S/C14H23NO5.C13H22N2O4.C13H22N2O3S/c1-6-10(13(18)20-14(2,3)4)15-8-9(7-11(15)16)12(17)19-5;1-5-9(12(18)19-13(2,3)4)15-7-8(11(14)17)6-10(15)16;1-5-9(12(17)18-13(2,3)4)15-7-8(11(14)19)6-10(15)16/h9-10H,6-8H2,1-5H3;8-9H,5-7H2,1-4H3,(H2,14,17);8-9H,5-7H2,1-4H3,(H2,14,19). The summed E-state index contributed by atoms with van der Waals surface area (Å²) in [7, 11) is 1.29. The number of nitrogens with zero attached hydrogens (tertiary/aromatic N) is 3. The maximum absolute atomic E-state index is 12.1. The van der Waals surface area contributed by atoms with Crippen LogP contribution >= 0.6 is 12.2 Å². The van der Waals surface area contributed by atoms with Crippen LogP contribution in [0.4, 0.5) is 0 Å². The summed E-state index contributed by atoms with van der Waals surface area (Å²) in [4.78, 5) is 99.5. The van der Waals surface area contributed by atoms with Gasteiger partial charge in [-0.2, -0.15) is 0 Å². The highest BCUT2D eigenvalue weighted by Crippen LogP contribution is 2.26. The van der Waals surface area contributed by atoms with Crippen LogP contribution in [0, 0.1) is 17.8 Å². The van der Waals surface area contributed by atoms with Gasteiger partial charge in [-0.05, 0) is 81.6 Å². The van der Waals surface area contributed by atoms with Crippen LogP contribution < -0.4 is 11.5 Å². The van der Waals surface area contributed by atoms with Gasteiger partial charge in [0.2, 0.25) is 23.6 Å². The van der Waals surface area contributed by atoms with E-state index in [1.807, 2.05) is 13.8 Å². The summed E-state index contributed by atoms with van der Waals surface area (Å²) < 4.78 is 20.6. The van der Waals surface area contributed by atoms with E-state index in [-0.39, 0.29) is 62.0 Å². The van der Waals surface area contributed by atoms with Crippen LogP contribution in [0.3, 0.4) is 0 Å². The minimum Gasteiger partial charge on any atom is -0.469 e. The lowest BCUT2D eigenvalue weighted by molar-refractivity contribution is -0.164. The Kier molecular flexibility index (Phi) is 19.2. The molecule has 3 rings (SSSR count). The van der Waals surface area contributed by atoms with Gasteiger partial charge in [0.1, 0.15) is 34.9 Å². The average Bonchev–Trinajstić information content (AvgIpc) is 3.77. The number of methoxy groups -OCH3 is 1. The van der Waals surface area contributed by atoms with E-state index < -0.39 is 70.6 Å². The van der Waals surface area contributed by atoms with Crippen molar-refractivity contribution in [2.75, 3.05) is 26.7 Å². The van der Waals surface area contributed by atoms with Gasteiger partial charge in [0.05, 0.1) is 23.9 Å². The predicted octanol–water partition coefficient (Wildman–Crippen LogP) is 2.81. The number of hydrogen-bond acceptors (Lipinski definition) is 13. The number of amides is 4. The van der Waals surface area contributed by atoms with Crippen molar-refractivity contribution in [3.8, 4) is 0 Å². The summed E-state index contributed by atoms with van der Waals surface area (Å²) in [6, 6.07) is -1.83. The first kappa shape index (κ1) is 51.7. The molecule has 0 saturated carbocycles. The minimum atomic E-state index is -0.643. The fraction of sp³-hybridized carbons (Fsp3) is 0.775. The number of nitrogens with two attached hydrogens (primary N) is 2. The molecular formula is C40H67N5O12S. The second kappa shape index (κ2) is 21.6. The van der Waals surface area contributed by atoms with Crippen LogP contribution in [0.2, 0.25) is 0 Å². The third-order valence-corrected chi connectivity index (χ3v) is 9.47. The van der Waals surface area contributed by atoms with Crippen LogP contribution in [0.1, 0.15) is 122 Å². The Balaban J connectivity index is 0.000000435. The topological polar surface area (TPSA) is 235 Å². The molecule has 0 aromatic rings. The second-order valence-electron chi connectivity index (χ2n) is 17.5. The molecule has 0 aromatic heterocycles. The third kappa shape index (κ3) is 16.1. The minimum absolute atomic E-state index is 0.0780. The maximum Gasteiger partial charge on any atom is 0.329 e. The first-order valence-corrected chi connectivity index (χ1v) is 20.1. The fourth-order valence-electron chi connectivity index (χ4n) is 6.46. The molecule has 0 bridgehead atoms. The molecule has 3 aliphatic rings. The molecule has 3 fully saturated rings. The molecule has 0 radical (unpaired) electrons. The van der Waals surface area contributed by atoms with Crippen molar-refractivity contribution >= 4 is 64.7 Å². The van der Waals surface area contributed by atoms with E-state index in [1.54, 1.807) is 69.2 Å². The zero-order chi connectivity index (χ0) is 45.1. The molecule has 58 heavy (non-hydrogen) atoms. The van der Waals surface area contributed by atoms with Gasteiger partial charge in [-0.15, -0.1) is 0 Å². The normalized spacial score (nSPS) is 21.2. The summed E-state index contributed by atoms with van der Waals surface area (Å²) in [6.07, 6.45) is 1.88. The summed E-state index contributed by atoms with van der Waals surface area (Å²) in [5, 5.41) is 0. The molecule has 0 spiro atoms. The Morgan fingerprint density at radius 3 is 1.09 bits per heavy atom. The van der Waals surface area contributed by atoms with Crippen molar-refractivity contribution in [2.24, 2.45) is 29.2 Å². The average molecular weight is 842 g/mol. The van der Waals surface area contributed by atoms with E-state index in [2.05, 4.69) is 4.74 Å². The molecule has 4 amide bonds. The highest BCUT2D eigenvalue weighted by Gasteiger charge is 2.43. The second-order valence-corrected chi connectivity index (χ2v) is 18.0. The van der Waals surface area contributed by atoms with Gasteiger partial charge in [0.15, 0.2) is 0 Å². The number of ether oxygens (including phenoxy) is 4. The van der Waals surface area contributed by atoms with Crippen molar-refractivity contribution < 1.29 is 57.3 Å². The molecule has 0 aromatic carbocycles. The number of thiocarbonyl (C=S) groups is 1. The molecule has 0 aliphatic carbocycles. The molecule has 18 heteroatoms. The quantitative estimate of drug-likeness (QED) is 0.163. The van der Waals surface area contributed by atoms with E-state index >= 15 is 0 Å². The Labute approximate surface area is 348 Å². The lowest BCUT2D eigenvalue weighted by Crippen LogP contribution is -2.45. The van der Waals surface area contributed by atoms with E-state index in [0.29, 0.717) is 30.8 Å². The lowest BCUT2D eigenvalue weighted by Gasteiger charge is -2.29. The van der Waals surface area contributed by atoms with Crippen LogP contribution in [-0.2, 0) is 57.3 Å². The lowest BCUT2D eigenvalue weighted by atomic mass is 10.1. The maximum atomic E-state index is 12.1. The Hall–Kier alpha value is -4.35. The number of carbonyl (C=O) groups is 8. The van der Waals surface area contributed by atoms with Gasteiger partial charge in [-0.25, -0.2) is 14.4 Å². The number of hydrogen-bond donors (Lipinski definition) is 2. The zero-order valence-corrected chi connectivity index (χ0v) is 37.4. The molecule has 6 unspecified atom stereocenters. The summed E-state index contributed by atoms with van der Waals surface area (Å²) in [5.41, 5.74) is 9.02. The van der Waals surface area contributed by atoms with Gasteiger partial charge in [0.25, 0.3) is 0 Å². The Morgan fingerprint density at radius 1 is 0.586 bits per heavy atom. The van der Waals surface area contributed by atoms with Crippen molar-refractivity contribution in [1.82, 2.24) is 14.7 Å². The predicted molar refractivity (Wildman–Crippen MR) is 217 cm³/mol. The SMILES string of the molecule is CCC(C(=O)OC(C)(C)C)N1CC(C(=O)OC)CC1=O.CCC(C(=O)OC(C)(C)C)N1CC(C(N)=O)CC1=O.CCC(C(=O)OC(C)(C)C)N1CC(C(N)=S)CC1=O. The fourth-order valence-corrected chi connectivity index (χ4v) is 6.61. The highest BCUT2D eigenvalue weighted by molar-refractivity contribution is 7.80. The monoisotopic (exact) mass is 841 g/mol. The first-order chi connectivity index (χ1) is 26.5. The number of primary amides is 1. The number of esters is 4. The number of rotatable bonds is 12. The van der Waals surface area contributed by atoms with Crippen LogP contribution in [0.25, 0.3) is 0 Å². The smallest absolute Gasteiger partial charge is 0.329 e. The number of likely N-dealkylation sites (tertiary alicyclic amines) is 3. The molecular weight excluding hydrogens is 775 g/mol. The molecule has 3 heterocycles. The molecule has 3 aliphatic heterocycles. The van der Waals surface area contributed by atoms with Crippen molar-refractivity contribution in [3.05, 3.63) is 0 Å². The summed E-state index contributed by atoms with van der Waals surface area (Å²) >= 11 is 4.92. The summed E-state index contributed by atoms with van der Waals surface area (Å²) in [5.74, 6) is -3.82. The van der Waals surface area contributed by atoms with Gasteiger partial charge < -0.3 is 45.1 Å². The van der Waals surface area contributed by atoms with Crippen LogP contribution in [-0.4, -0.2) is 129 Å². The van der Waals surface area contributed by atoms with E-state index in [4.69, 9.17) is 37.9 Å². The highest BCUT2D eigenvalue weighted by atomic mass is 32.1. The van der Waals surface area contributed by atoms with E-state index in [9.17, 15) is 38.4 Å². The van der Waals surface area contributed by atoms with Crippen molar-refractivity contribution in [3.63, 3.8) is 0 Å². The van der Waals surface area contributed by atoms with Crippen molar-refractivity contribution in [1.29, 1.82) is 0 Å². The van der Waals surface area contributed by atoms with E-state index in [0.717, 1.165) is 0 Å². The van der Waals surface area contributed by atoms with Gasteiger partial charge in [0, 0.05) is 44.8 Å². The van der Waals surface area contributed by atoms with Crippen molar-refractivity contribution in [2.45, 2.75) is 157 Å². The summed E-state index contributed by atoms with van der Waals surface area (Å²) in [6.45, 7) is 22.4. The largest absolute Gasteiger partial charge is 0.469 e. The number of carbonyl (C=O) groups excluding carboxylic acids is 8. The Bertz CT molecular complexity index is 1460. The first-order valence-electron chi connectivity index (χ1n) is 19.7. The van der Waals surface area contributed by atoms with Gasteiger partial charge >= 0.3 is 23.9 Å². The molecule has 3 saturated heterocycles. The zero-order valence-electron chi connectivity index (χ0n) is 36.6. The van der Waals surface area contributed by atoms with Crippen LogP contribution in [0.15, 0.2) is 0 Å². The molecule has 330 valence electrons. The van der Waals surface area contributed by atoms with Gasteiger partial charge in [-0.1, -0.05) is 33.0 Å². The van der Waals surface area contributed by atoms with Crippen LogP contribution in [0.5, 0.6) is 0 Å².